The largest absolute Gasteiger partial charge is 0.508 e. The van der Waals surface area contributed by atoms with Gasteiger partial charge in [0.05, 0.1) is 15.6 Å². The highest BCUT2D eigenvalue weighted by molar-refractivity contribution is 6.39. The van der Waals surface area contributed by atoms with Crippen LogP contribution in [0.1, 0.15) is 89.2 Å². The Morgan fingerprint density at radius 1 is 1.17 bits per heavy atom. The van der Waals surface area contributed by atoms with Crippen molar-refractivity contribution in [2.45, 2.75) is 95.2 Å². The Hall–Kier alpha value is -0.803. The van der Waals surface area contributed by atoms with E-state index >= 15 is 0 Å². The van der Waals surface area contributed by atoms with Gasteiger partial charge in [0.2, 0.25) is 0 Å². The van der Waals surface area contributed by atoms with E-state index in [-0.39, 0.29) is 11.1 Å². The van der Waals surface area contributed by atoms with Crippen LogP contribution in [0.4, 0.5) is 0 Å². The van der Waals surface area contributed by atoms with Crippen molar-refractivity contribution in [3.8, 4) is 5.75 Å². The van der Waals surface area contributed by atoms with Crippen molar-refractivity contribution in [2.75, 3.05) is 0 Å². The van der Waals surface area contributed by atoms with Crippen molar-refractivity contribution in [1.82, 2.24) is 0 Å². The van der Waals surface area contributed by atoms with Crippen LogP contribution in [0.2, 0.25) is 6.04 Å². The molecule has 3 heteroatoms. The van der Waals surface area contributed by atoms with Gasteiger partial charge >= 0.3 is 0 Å². The summed E-state index contributed by atoms with van der Waals surface area (Å²) in [5, 5.41) is 20.6. The molecular weight excluding hydrogens is 312 g/mol. The Kier molecular flexibility index (Phi) is 7.36. The minimum Gasteiger partial charge on any atom is -0.508 e. The average molecular weight is 347 g/mol. The number of aliphatic hydroxyl groups excluding tert-OH is 1. The van der Waals surface area contributed by atoms with Crippen molar-refractivity contribution in [3.63, 3.8) is 0 Å². The molecule has 0 heterocycles. The summed E-state index contributed by atoms with van der Waals surface area (Å²) in [4.78, 5) is 0. The van der Waals surface area contributed by atoms with Crippen LogP contribution in [0, 0.1) is 0 Å². The number of aromatic hydroxyl groups is 1. The van der Waals surface area contributed by atoms with Gasteiger partial charge in [0, 0.05) is 0 Å². The molecule has 2 unspecified atom stereocenters. The van der Waals surface area contributed by atoms with E-state index in [2.05, 4.69) is 32.9 Å². The lowest BCUT2D eigenvalue weighted by Gasteiger charge is -2.29. The van der Waals surface area contributed by atoms with Gasteiger partial charge in [-0.15, -0.1) is 0 Å². The lowest BCUT2D eigenvalue weighted by atomic mass is 9.81. The summed E-state index contributed by atoms with van der Waals surface area (Å²) in [5.74, 6) is 0.734. The van der Waals surface area contributed by atoms with E-state index in [1.165, 1.54) is 37.3 Å². The first-order chi connectivity index (χ1) is 11.4. The van der Waals surface area contributed by atoms with Crippen LogP contribution < -0.4 is 0 Å². The second-order valence-electron chi connectivity index (χ2n) is 7.90. The molecule has 0 aliphatic heterocycles. The van der Waals surface area contributed by atoms with E-state index in [1.807, 2.05) is 6.07 Å². The van der Waals surface area contributed by atoms with Gasteiger partial charge in [0.1, 0.15) is 5.75 Å². The summed E-state index contributed by atoms with van der Waals surface area (Å²) in [6.07, 6.45) is 8.91. The number of unbranched alkanes of at least 4 members (excludes halogenated alkanes) is 3. The zero-order valence-corrected chi connectivity index (χ0v) is 16.6. The van der Waals surface area contributed by atoms with Crippen molar-refractivity contribution >= 4 is 9.52 Å². The molecule has 2 N–H and O–H groups in total. The van der Waals surface area contributed by atoms with Gasteiger partial charge in [-0.3, -0.25) is 0 Å². The van der Waals surface area contributed by atoms with Crippen LogP contribution in [-0.4, -0.2) is 25.8 Å². The summed E-state index contributed by atoms with van der Waals surface area (Å²) in [5.41, 5.74) is 2.27. The van der Waals surface area contributed by atoms with Gasteiger partial charge in [-0.05, 0) is 47.4 Å². The Morgan fingerprint density at radius 2 is 1.96 bits per heavy atom. The van der Waals surface area contributed by atoms with E-state index in [0.717, 1.165) is 40.8 Å². The second kappa shape index (κ2) is 9.05. The summed E-state index contributed by atoms with van der Waals surface area (Å²) >= 11 is 0. The van der Waals surface area contributed by atoms with Gasteiger partial charge in [0.15, 0.2) is 0 Å². The predicted molar refractivity (Wildman–Crippen MR) is 103 cm³/mol. The Morgan fingerprint density at radius 3 is 2.62 bits per heavy atom. The normalized spacial score (nSPS) is 21.8. The smallest absolute Gasteiger partial charge is 0.119 e. The van der Waals surface area contributed by atoms with Crippen molar-refractivity contribution < 1.29 is 10.2 Å². The summed E-state index contributed by atoms with van der Waals surface area (Å²) in [6.45, 7) is 6.84. The summed E-state index contributed by atoms with van der Waals surface area (Å²) in [7, 11) is 0.892. The maximum Gasteiger partial charge on any atom is 0.119 e. The highest BCUT2D eigenvalue weighted by Gasteiger charge is 2.26. The zero-order valence-electron chi connectivity index (χ0n) is 15.6. The fourth-order valence-electron chi connectivity index (χ4n) is 3.78. The second-order valence-corrected chi connectivity index (χ2v) is 10.0. The quantitative estimate of drug-likeness (QED) is 0.492. The Balaban J connectivity index is 1.99. The molecule has 2 rings (SSSR count). The molecule has 2 radical (unpaired) electrons. The van der Waals surface area contributed by atoms with Gasteiger partial charge in [0.25, 0.3) is 0 Å². The third kappa shape index (κ3) is 5.35. The Bertz CT molecular complexity index is 513. The van der Waals surface area contributed by atoms with Crippen LogP contribution in [-0.2, 0) is 5.04 Å². The van der Waals surface area contributed by atoms with Crippen molar-refractivity contribution in [2.24, 2.45) is 0 Å². The molecule has 1 aliphatic carbocycles. The highest BCUT2D eigenvalue weighted by Crippen LogP contribution is 2.39. The molecule has 2 atom stereocenters. The molecule has 0 aromatic heterocycles. The number of phenols is 1. The third-order valence-electron chi connectivity index (χ3n) is 5.44. The molecule has 0 amide bonds. The van der Waals surface area contributed by atoms with Crippen LogP contribution in [0.3, 0.4) is 0 Å². The molecule has 1 saturated carbocycles. The van der Waals surface area contributed by atoms with Crippen molar-refractivity contribution in [1.29, 1.82) is 0 Å². The van der Waals surface area contributed by atoms with Crippen LogP contribution in [0.5, 0.6) is 5.75 Å². The number of benzene rings is 1. The molecule has 0 saturated heterocycles. The SMILES string of the molecule is CCCCCC[Si]C(C)(C)c1ccc(C2CCCC(O)C2)c(O)c1. The zero-order chi connectivity index (χ0) is 17.6. The summed E-state index contributed by atoms with van der Waals surface area (Å²) < 4.78 is 0. The predicted octanol–water partition coefficient (Wildman–Crippen LogP) is 5.35. The molecule has 2 nitrogen and oxygen atoms in total. The van der Waals surface area contributed by atoms with Gasteiger partial charge in [-0.2, -0.15) is 0 Å². The van der Waals surface area contributed by atoms with E-state index in [1.54, 1.807) is 0 Å². The topological polar surface area (TPSA) is 40.5 Å². The van der Waals surface area contributed by atoms with E-state index in [9.17, 15) is 10.2 Å². The van der Waals surface area contributed by atoms with Crippen LogP contribution in [0.15, 0.2) is 18.2 Å². The van der Waals surface area contributed by atoms with E-state index in [4.69, 9.17) is 0 Å². The summed E-state index contributed by atoms with van der Waals surface area (Å²) in [6, 6.07) is 7.57. The first-order valence-corrected chi connectivity index (χ1v) is 10.9. The fourth-order valence-corrected chi connectivity index (χ4v) is 5.19. The molecule has 0 spiro atoms. The number of aliphatic hydroxyl groups is 1. The van der Waals surface area contributed by atoms with E-state index in [0.29, 0.717) is 11.7 Å². The number of hydrogen-bond acceptors (Lipinski definition) is 2. The van der Waals surface area contributed by atoms with Gasteiger partial charge in [-0.25, -0.2) is 0 Å². The lowest BCUT2D eigenvalue weighted by Crippen LogP contribution is -2.25. The first kappa shape index (κ1) is 19.5. The minimum atomic E-state index is -0.205. The molecule has 134 valence electrons. The monoisotopic (exact) mass is 346 g/mol. The Labute approximate surface area is 150 Å². The van der Waals surface area contributed by atoms with E-state index < -0.39 is 0 Å². The van der Waals surface area contributed by atoms with Crippen LogP contribution in [0.25, 0.3) is 0 Å². The maximum absolute atomic E-state index is 10.6. The van der Waals surface area contributed by atoms with Crippen LogP contribution >= 0.6 is 0 Å². The molecular formula is C21H34O2Si. The highest BCUT2D eigenvalue weighted by atomic mass is 28.2. The number of hydrogen-bond donors (Lipinski definition) is 2. The molecule has 24 heavy (non-hydrogen) atoms. The molecule has 1 fully saturated rings. The van der Waals surface area contributed by atoms with Crippen molar-refractivity contribution in [3.05, 3.63) is 29.3 Å². The number of phenolic OH excluding ortho intramolecular Hbond substituents is 1. The molecule has 0 bridgehead atoms. The van der Waals surface area contributed by atoms with Gasteiger partial charge in [-0.1, -0.05) is 71.1 Å². The molecule has 1 aromatic carbocycles. The van der Waals surface area contributed by atoms with Gasteiger partial charge < -0.3 is 10.2 Å². The molecule has 1 aromatic rings. The molecule has 1 aliphatic rings. The first-order valence-electron chi connectivity index (χ1n) is 9.70. The fraction of sp³-hybridized carbons (Fsp3) is 0.714. The third-order valence-corrected chi connectivity index (χ3v) is 7.21. The minimum absolute atomic E-state index is 0.133. The average Bonchev–Trinajstić information content (AvgIpc) is 2.54. The number of rotatable bonds is 8. The maximum atomic E-state index is 10.6. The lowest BCUT2D eigenvalue weighted by molar-refractivity contribution is 0.119. The standard InChI is InChI=1S/C21H34O2Si/c1-4-5-6-7-13-24-21(2,3)17-11-12-19(20(23)15-17)16-9-8-10-18(22)14-16/h11-12,15-16,18,22-23H,4-10,13-14H2,1-3H3.